The van der Waals surface area contributed by atoms with E-state index in [4.69, 9.17) is 0 Å². The summed E-state index contributed by atoms with van der Waals surface area (Å²) in [7, 11) is 0. The highest BCUT2D eigenvalue weighted by Gasteiger charge is 2.20. The normalized spacial score (nSPS) is 20.2. The Morgan fingerprint density at radius 1 is 1.12 bits per heavy atom. The smallest absolute Gasteiger partial charge is 0.224 e. The number of hydrogen-bond acceptors (Lipinski definition) is 6. The summed E-state index contributed by atoms with van der Waals surface area (Å²) in [5.41, 5.74) is 2.17. The van der Waals surface area contributed by atoms with Crippen LogP contribution < -0.4 is 10.6 Å². The van der Waals surface area contributed by atoms with Gasteiger partial charge in [-0.25, -0.2) is 4.98 Å². The van der Waals surface area contributed by atoms with Crippen LogP contribution in [0.4, 0.5) is 11.8 Å². The third kappa shape index (κ3) is 5.06. The van der Waals surface area contributed by atoms with Crippen molar-refractivity contribution >= 4 is 11.8 Å². The number of aryl methyl sites for hydroxylation is 1. The number of phenols is 1. The molecule has 0 unspecified atom stereocenters. The number of phenolic OH excluding ortho intramolecular Hbond substituents is 1. The Labute approximate surface area is 148 Å². The van der Waals surface area contributed by atoms with Crippen LogP contribution in [0.15, 0.2) is 30.5 Å². The number of benzene rings is 1. The molecule has 0 aliphatic heterocycles. The van der Waals surface area contributed by atoms with Crippen LogP contribution in [0, 0.1) is 6.92 Å². The summed E-state index contributed by atoms with van der Waals surface area (Å²) in [6.45, 7) is 2.75. The Balaban J connectivity index is 1.54. The summed E-state index contributed by atoms with van der Waals surface area (Å²) in [6.07, 6.45) is 6.09. The van der Waals surface area contributed by atoms with E-state index in [2.05, 4.69) is 20.6 Å². The first-order valence-electron chi connectivity index (χ1n) is 8.90. The number of hydrogen-bond donors (Lipinski definition) is 4. The van der Waals surface area contributed by atoms with Gasteiger partial charge in [0.25, 0.3) is 0 Å². The highest BCUT2D eigenvalue weighted by molar-refractivity contribution is 5.46. The monoisotopic (exact) mass is 342 g/mol. The summed E-state index contributed by atoms with van der Waals surface area (Å²) in [5, 5.41) is 25.7. The first-order valence-corrected chi connectivity index (χ1v) is 8.90. The fraction of sp³-hybridized carbons (Fsp3) is 0.474. The predicted molar refractivity (Wildman–Crippen MR) is 99.0 cm³/mol. The minimum absolute atomic E-state index is 0.158. The Kier molecular flexibility index (Phi) is 5.71. The molecule has 4 N–H and O–H groups in total. The summed E-state index contributed by atoms with van der Waals surface area (Å²) in [5.74, 6) is 1.76. The summed E-state index contributed by atoms with van der Waals surface area (Å²) in [6, 6.07) is 7.59. The van der Waals surface area contributed by atoms with Crippen molar-refractivity contribution in [3.05, 3.63) is 41.6 Å². The molecule has 2 aromatic rings. The average molecular weight is 342 g/mol. The van der Waals surface area contributed by atoms with Crippen molar-refractivity contribution in [2.45, 2.75) is 51.2 Å². The van der Waals surface area contributed by atoms with E-state index < -0.39 is 0 Å². The minimum atomic E-state index is -0.158. The molecular weight excluding hydrogens is 316 g/mol. The van der Waals surface area contributed by atoms with Crippen molar-refractivity contribution in [1.82, 2.24) is 9.97 Å². The lowest BCUT2D eigenvalue weighted by atomic mass is 9.93. The van der Waals surface area contributed by atoms with E-state index in [1.54, 1.807) is 12.1 Å². The molecule has 25 heavy (non-hydrogen) atoms. The second-order valence-corrected chi connectivity index (χ2v) is 6.72. The predicted octanol–water partition coefficient (Wildman–Crippen LogP) is 2.86. The summed E-state index contributed by atoms with van der Waals surface area (Å²) >= 11 is 0. The average Bonchev–Trinajstić information content (AvgIpc) is 2.61. The van der Waals surface area contributed by atoms with Gasteiger partial charge in [-0.15, -0.1) is 0 Å². The fourth-order valence-electron chi connectivity index (χ4n) is 3.08. The molecule has 6 heteroatoms. The Morgan fingerprint density at radius 2 is 1.84 bits per heavy atom. The zero-order valence-electron chi connectivity index (χ0n) is 14.6. The number of aliphatic hydroxyl groups is 1. The van der Waals surface area contributed by atoms with Gasteiger partial charge in [-0.2, -0.15) is 4.98 Å². The van der Waals surface area contributed by atoms with E-state index in [0.29, 0.717) is 12.0 Å². The molecule has 0 radical (unpaired) electrons. The van der Waals surface area contributed by atoms with Crippen molar-refractivity contribution in [3.8, 4) is 5.75 Å². The highest BCUT2D eigenvalue weighted by Crippen LogP contribution is 2.22. The molecule has 1 aliphatic carbocycles. The zero-order valence-corrected chi connectivity index (χ0v) is 14.6. The standard InChI is InChI=1S/C19H26N4O2/c1-13-12-21-19(22-15-4-8-17(25)9-5-15)23-18(13)20-11-10-14-2-6-16(24)7-3-14/h2-3,6-7,12,15,17,24-25H,4-5,8-11H2,1H3,(H2,20,21,22,23). The third-order valence-electron chi connectivity index (χ3n) is 4.64. The molecular formula is C19H26N4O2. The maximum Gasteiger partial charge on any atom is 0.224 e. The van der Waals surface area contributed by atoms with Crippen LogP contribution in [-0.2, 0) is 6.42 Å². The van der Waals surface area contributed by atoms with Gasteiger partial charge < -0.3 is 20.8 Å². The number of rotatable bonds is 6. The lowest BCUT2D eigenvalue weighted by Gasteiger charge is -2.26. The molecule has 0 saturated heterocycles. The van der Waals surface area contributed by atoms with E-state index >= 15 is 0 Å². The van der Waals surface area contributed by atoms with Gasteiger partial charge in [0.2, 0.25) is 5.95 Å². The zero-order chi connectivity index (χ0) is 17.6. The molecule has 1 aromatic carbocycles. The van der Waals surface area contributed by atoms with Gasteiger partial charge in [0.1, 0.15) is 11.6 Å². The molecule has 0 bridgehead atoms. The summed E-state index contributed by atoms with van der Waals surface area (Å²) < 4.78 is 0. The molecule has 1 saturated carbocycles. The van der Waals surface area contributed by atoms with Gasteiger partial charge in [0.05, 0.1) is 6.10 Å². The van der Waals surface area contributed by atoms with Crippen LogP contribution in [0.2, 0.25) is 0 Å². The lowest BCUT2D eigenvalue weighted by molar-refractivity contribution is 0.126. The van der Waals surface area contributed by atoms with E-state index in [1.807, 2.05) is 25.3 Å². The number of aromatic nitrogens is 2. The first-order chi connectivity index (χ1) is 12.1. The molecule has 0 spiro atoms. The van der Waals surface area contributed by atoms with Gasteiger partial charge in [-0.1, -0.05) is 12.1 Å². The molecule has 6 nitrogen and oxygen atoms in total. The quantitative estimate of drug-likeness (QED) is 0.645. The van der Waals surface area contributed by atoms with Crippen molar-refractivity contribution in [3.63, 3.8) is 0 Å². The molecule has 1 fully saturated rings. The highest BCUT2D eigenvalue weighted by atomic mass is 16.3. The second kappa shape index (κ2) is 8.16. The molecule has 0 amide bonds. The minimum Gasteiger partial charge on any atom is -0.508 e. The van der Waals surface area contributed by atoms with Crippen LogP contribution >= 0.6 is 0 Å². The van der Waals surface area contributed by atoms with E-state index in [0.717, 1.165) is 55.6 Å². The molecule has 3 rings (SSSR count). The largest absolute Gasteiger partial charge is 0.508 e. The van der Waals surface area contributed by atoms with Crippen LogP contribution in [0.25, 0.3) is 0 Å². The second-order valence-electron chi connectivity index (χ2n) is 6.72. The Morgan fingerprint density at radius 3 is 2.56 bits per heavy atom. The van der Waals surface area contributed by atoms with Gasteiger partial charge in [-0.05, 0) is 56.7 Å². The van der Waals surface area contributed by atoms with Crippen molar-refractivity contribution < 1.29 is 10.2 Å². The number of nitrogens with one attached hydrogen (secondary N) is 2. The van der Waals surface area contributed by atoms with Crippen molar-refractivity contribution in [2.75, 3.05) is 17.2 Å². The Hall–Kier alpha value is -2.34. The Bertz CT molecular complexity index is 682. The van der Waals surface area contributed by atoms with E-state index in [9.17, 15) is 10.2 Å². The van der Waals surface area contributed by atoms with Gasteiger partial charge in [0, 0.05) is 24.3 Å². The summed E-state index contributed by atoms with van der Waals surface area (Å²) in [4.78, 5) is 8.97. The van der Waals surface area contributed by atoms with Crippen LogP contribution in [0.1, 0.15) is 36.8 Å². The molecule has 1 aromatic heterocycles. The maximum absolute atomic E-state index is 9.60. The number of aliphatic hydroxyl groups excluding tert-OH is 1. The molecule has 1 heterocycles. The number of nitrogens with zero attached hydrogens (tertiary/aromatic N) is 2. The van der Waals surface area contributed by atoms with Crippen LogP contribution in [0.5, 0.6) is 5.75 Å². The van der Waals surface area contributed by atoms with Crippen molar-refractivity contribution in [2.24, 2.45) is 0 Å². The van der Waals surface area contributed by atoms with Gasteiger partial charge in [0.15, 0.2) is 0 Å². The third-order valence-corrected chi connectivity index (χ3v) is 4.64. The van der Waals surface area contributed by atoms with Crippen molar-refractivity contribution in [1.29, 1.82) is 0 Å². The fourth-order valence-corrected chi connectivity index (χ4v) is 3.08. The van der Waals surface area contributed by atoms with Crippen LogP contribution in [0.3, 0.4) is 0 Å². The molecule has 0 atom stereocenters. The first kappa shape index (κ1) is 17.5. The topological polar surface area (TPSA) is 90.3 Å². The van der Waals surface area contributed by atoms with Gasteiger partial charge >= 0.3 is 0 Å². The van der Waals surface area contributed by atoms with Gasteiger partial charge in [-0.3, -0.25) is 0 Å². The molecule has 134 valence electrons. The number of anilines is 2. The SMILES string of the molecule is Cc1cnc(NC2CCC(O)CC2)nc1NCCc1ccc(O)cc1. The lowest BCUT2D eigenvalue weighted by Crippen LogP contribution is -2.29. The van der Waals surface area contributed by atoms with E-state index in [-0.39, 0.29) is 11.9 Å². The number of aromatic hydroxyl groups is 1. The maximum atomic E-state index is 9.60. The molecule has 1 aliphatic rings. The van der Waals surface area contributed by atoms with E-state index in [1.165, 1.54) is 0 Å². The van der Waals surface area contributed by atoms with Crippen LogP contribution in [-0.4, -0.2) is 38.9 Å².